The molecule has 1 heterocycles. The van der Waals surface area contributed by atoms with E-state index in [-0.39, 0.29) is 0 Å². The largest absolute Gasteiger partial charge is 0.507 e. The molecule has 0 atom stereocenters. The van der Waals surface area contributed by atoms with Crippen molar-refractivity contribution in [3.8, 4) is 5.75 Å². The molecule has 1 aromatic carbocycles. The van der Waals surface area contributed by atoms with Gasteiger partial charge in [0.1, 0.15) is 5.75 Å². The third-order valence-corrected chi connectivity index (χ3v) is 5.30. The standard InChI is InChI=1S/C13H19BrN2O3S/c1-10-7-12(14)8-11(13(10)17)9-15-3-5-16(6-4-15)20(2,18)19/h7-8,17H,3-6,9H2,1-2H3. The molecule has 1 fully saturated rings. The van der Waals surface area contributed by atoms with Gasteiger partial charge in [0.05, 0.1) is 6.26 Å². The molecule has 1 saturated heterocycles. The van der Waals surface area contributed by atoms with Crippen molar-refractivity contribution in [1.29, 1.82) is 0 Å². The number of hydrogen-bond acceptors (Lipinski definition) is 4. The highest BCUT2D eigenvalue weighted by atomic mass is 79.9. The highest BCUT2D eigenvalue weighted by Gasteiger charge is 2.23. The van der Waals surface area contributed by atoms with Gasteiger partial charge in [-0.05, 0) is 24.6 Å². The van der Waals surface area contributed by atoms with Crippen molar-refractivity contribution in [2.75, 3.05) is 32.4 Å². The number of hydrogen-bond donors (Lipinski definition) is 1. The number of sulfonamides is 1. The SMILES string of the molecule is Cc1cc(Br)cc(CN2CCN(S(C)(=O)=O)CC2)c1O. The Balaban J connectivity index is 2.03. The Kier molecular flexibility index (Phi) is 4.73. The summed E-state index contributed by atoms with van der Waals surface area (Å²) in [6.45, 7) is 4.87. The smallest absolute Gasteiger partial charge is 0.211 e. The van der Waals surface area contributed by atoms with Crippen LogP contribution in [0.25, 0.3) is 0 Å². The van der Waals surface area contributed by atoms with E-state index >= 15 is 0 Å². The Morgan fingerprint density at radius 2 is 1.85 bits per heavy atom. The number of phenolic OH excluding ortho intramolecular Hbond substituents is 1. The summed E-state index contributed by atoms with van der Waals surface area (Å²) in [5.74, 6) is 0.318. The summed E-state index contributed by atoms with van der Waals surface area (Å²) in [6, 6.07) is 3.78. The van der Waals surface area contributed by atoms with E-state index in [1.165, 1.54) is 10.6 Å². The van der Waals surface area contributed by atoms with E-state index in [4.69, 9.17) is 0 Å². The van der Waals surface area contributed by atoms with Crippen LogP contribution in [0.3, 0.4) is 0 Å². The molecule has 0 radical (unpaired) electrons. The van der Waals surface area contributed by atoms with Crippen LogP contribution >= 0.6 is 15.9 Å². The number of aryl methyl sites for hydroxylation is 1. The van der Waals surface area contributed by atoms with Gasteiger partial charge in [0, 0.05) is 42.8 Å². The van der Waals surface area contributed by atoms with Crippen molar-refractivity contribution in [3.05, 3.63) is 27.7 Å². The normalized spacial score (nSPS) is 18.4. The lowest BCUT2D eigenvalue weighted by atomic mass is 10.1. The van der Waals surface area contributed by atoms with Gasteiger partial charge in [0.15, 0.2) is 0 Å². The number of piperazine rings is 1. The van der Waals surface area contributed by atoms with Gasteiger partial charge in [-0.1, -0.05) is 15.9 Å². The van der Waals surface area contributed by atoms with Crippen LogP contribution in [-0.2, 0) is 16.6 Å². The van der Waals surface area contributed by atoms with Gasteiger partial charge in [-0.2, -0.15) is 4.31 Å². The van der Waals surface area contributed by atoms with Crippen molar-refractivity contribution < 1.29 is 13.5 Å². The number of halogens is 1. The Morgan fingerprint density at radius 3 is 2.40 bits per heavy atom. The zero-order chi connectivity index (χ0) is 14.9. The maximum Gasteiger partial charge on any atom is 0.211 e. The molecule has 1 aromatic rings. The third-order valence-electron chi connectivity index (χ3n) is 3.54. The molecule has 0 aromatic heterocycles. The Bertz CT molecular complexity index is 596. The summed E-state index contributed by atoms with van der Waals surface area (Å²) >= 11 is 3.43. The van der Waals surface area contributed by atoms with Crippen molar-refractivity contribution in [1.82, 2.24) is 9.21 Å². The van der Waals surface area contributed by atoms with Crippen LogP contribution in [-0.4, -0.2) is 55.2 Å². The van der Waals surface area contributed by atoms with Crippen molar-refractivity contribution in [2.45, 2.75) is 13.5 Å². The molecule has 0 bridgehead atoms. The van der Waals surface area contributed by atoms with Gasteiger partial charge in [0.2, 0.25) is 10.0 Å². The van der Waals surface area contributed by atoms with Gasteiger partial charge in [0.25, 0.3) is 0 Å². The van der Waals surface area contributed by atoms with Crippen LogP contribution in [0.5, 0.6) is 5.75 Å². The molecule has 112 valence electrons. The van der Waals surface area contributed by atoms with Crippen LogP contribution < -0.4 is 0 Å². The first-order chi connectivity index (χ1) is 9.27. The molecule has 20 heavy (non-hydrogen) atoms. The summed E-state index contributed by atoms with van der Waals surface area (Å²) in [5, 5.41) is 10.1. The summed E-state index contributed by atoms with van der Waals surface area (Å²) in [4.78, 5) is 2.16. The fourth-order valence-electron chi connectivity index (χ4n) is 2.39. The van der Waals surface area contributed by atoms with E-state index in [2.05, 4.69) is 20.8 Å². The topological polar surface area (TPSA) is 60.9 Å². The lowest BCUT2D eigenvalue weighted by Gasteiger charge is -2.33. The highest BCUT2D eigenvalue weighted by Crippen LogP contribution is 2.28. The predicted octanol–water partition coefficient (Wildman–Crippen LogP) is 1.54. The molecule has 0 aliphatic carbocycles. The molecule has 0 unspecified atom stereocenters. The molecule has 1 N–H and O–H groups in total. The van der Waals surface area contributed by atoms with Crippen LogP contribution in [0, 0.1) is 6.92 Å². The summed E-state index contributed by atoms with van der Waals surface area (Å²) in [7, 11) is -3.09. The predicted molar refractivity (Wildman–Crippen MR) is 82.2 cm³/mol. The van der Waals surface area contributed by atoms with Crippen LogP contribution in [0.2, 0.25) is 0 Å². The first-order valence-corrected chi connectivity index (χ1v) is 9.07. The Morgan fingerprint density at radius 1 is 1.25 bits per heavy atom. The first-order valence-electron chi connectivity index (χ1n) is 6.43. The second kappa shape index (κ2) is 6.01. The molecule has 0 amide bonds. The number of nitrogens with zero attached hydrogens (tertiary/aromatic N) is 2. The monoisotopic (exact) mass is 362 g/mol. The third kappa shape index (κ3) is 3.72. The first kappa shape index (κ1) is 15.8. The summed E-state index contributed by atoms with van der Waals surface area (Å²) in [6.07, 6.45) is 1.24. The van der Waals surface area contributed by atoms with E-state index in [0.29, 0.717) is 38.5 Å². The van der Waals surface area contributed by atoms with Crippen molar-refractivity contribution >= 4 is 26.0 Å². The lowest BCUT2D eigenvalue weighted by molar-refractivity contribution is 0.180. The number of rotatable bonds is 3. The fraction of sp³-hybridized carbons (Fsp3) is 0.538. The van der Waals surface area contributed by atoms with Gasteiger partial charge in [-0.3, -0.25) is 4.90 Å². The second-order valence-electron chi connectivity index (χ2n) is 5.17. The number of benzene rings is 1. The molecular weight excluding hydrogens is 344 g/mol. The molecule has 1 aliphatic rings. The average molecular weight is 363 g/mol. The highest BCUT2D eigenvalue weighted by molar-refractivity contribution is 9.10. The van der Waals surface area contributed by atoms with E-state index in [1.807, 2.05) is 19.1 Å². The van der Waals surface area contributed by atoms with Crippen molar-refractivity contribution in [3.63, 3.8) is 0 Å². The van der Waals surface area contributed by atoms with Crippen LogP contribution in [0.4, 0.5) is 0 Å². The minimum Gasteiger partial charge on any atom is -0.507 e. The van der Waals surface area contributed by atoms with Gasteiger partial charge in [-0.15, -0.1) is 0 Å². The zero-order valence-electron chi connectivity index (χ0n) is 11.6. The lowest BCUT2D eigenvalue weighted by Crippen LogP contribution is -2.47. The molecule has 5 nitrogen and oxygen atoms in total. The minimum absolute atomic E-state index is 0.318. The quantitative estimate of drug-likeness (QED) is 0.885. The van der Waals surface area contributed by atoms with E-state index in [9.17, 15) is 13.5 Å². The summed E-state index contributed by atoms with van der Waals surface area (Å²) < 4.78 is 25.3. The molecular formula is C13H19BrN2O3S. The second-order valence-corrected chi connectivity index (χ2v) is 8.07. The van der Waals surface area contributed by atoms with Gasteiger partial charge < -0.3 is 5.11 Å². The fourth-order valence-corrected chi connectivity index (χ4v) is 3.83. The van der Waals surface area contributed by atoms with Crippen LogP contribution in [0.15, 0.2) is 16.6 Å². The molecule has 1 aliphatic heterocycles. The van der Waals surface area contributed by atoms with Crippen molar-refractivity contribution in [2.24, 2.45) is 0 Å². The Hall–Kier alpha value is -0.630. The summed E-state index contributed by atoms with van der Waals surface area (Å²) in [5.41, 5.74) is 1.70. The maximum atomic E-state index is 11.5. The number of phenols is 1. The van der Waals surface area contributed by atoms with Gasteiger partial charge >= 0.3 is 0 Å². The maximum absolute atomic E-state index is 11.5. The average Bonchev–Trinajstić information content (AvgIpc) is 2.35. The number of aromatic hydroxyl groups is 1. The zero-order valence-corrected chi connectivity index (χ0v) is 14.0. The molecule has 0 saturated carbocycles. The van der Waals surface area contributed by atoms with E-state index in [0.717, 1.165) is 15.6 Å². The minimum atomic E-state index is -3.09. The molecule has 0 spiro atoms. The van der Waals surface area contributed by atoms with Crippen LogP contribution in [0.1, 0.15) is 11.1 Å². The van der Waals surface area contributed by atoms with E-state index in [1.54, 1.807) is 0 Å². The molecule has 7 heteroatoms. The van der Waals surface area contributed by atoms with E-state index < -0.39 is 10.0 Å². The van der Waals surface area contributed by atoms with Gasteiger partial charge in [-0.25, -0.2) is 8.42 Å². The molecule has 2 rings (SSSR count). The Labute approximate surface area is 128 Å².